The predicted octanol–water partition coefficient (Wildman–Crippen LogP) is -0.273. The summed E-state index contributed by atoms with van der Waals surface area (Å²) in [6, 6.07) is 0. The van der Waals surface area contributed by atoms with Crippen molar-refractivity contribution in [3.63, 3.8) is 0 Å². The number of nitrogens with one attached hydrogen (secondary N) is 1. The Balaban J connectivity index is 3.07. The Morgan fingerprint density at radius 2 is 2.20 bits per heavy atom. The standard InChI is InChI=1S/C7H16N2O/c1-8-4-6-9(2)5-3-7-10/h7-8H,3-6H2,1-2H3. The lowest BCUT2D eigenvalue weighted by Crippen LogP contribution is -2.28. The summed E-state index contributed by atoms with van der Waals surface area (Å²) < 4.78 is 0. The van der Waals surface area contributed by atoms with Gasteiger partial charge in [-0.15, -0.1) is 0 Å². The maximum absolute atomic E-state index is 9.94. The molecule has 0 radical (unpaired) electrons. The van der Waals surface area contributed by atoms with Gasteiger partial charge in [0.25, 0.3) is 0 Å². The molecule has 0 unspecified atom stereocenters. The number of likely N-dealkylation sites (N-methyl/N-ethyl adjacent to an activating group) is 2. The molecule has 0 aliphatic heterocycles. The van der Waals surface area contributed by atoms with Gasteiger partial charge in [0.2, 0.25) is 0 Å². The first-order valence-electron chi connectivity index (χ1n) is 3.58. The third-order valence-electron chi connectivity index (χ3n) is 1.37. The van der Waals surface area contributed by atoms with Crippen LogP contribution in [0.3, 0.4) is 0 Å². The van der Waals surface area contributed by atoms with Gasteiger partial charge in [-0.1, -0.05) is 0 Å². The summed E-state index contributed by atoms with van der Waals surface area (Å²) in [5, 5.41) is 3.05. The molecule has 0 bridgehead atoms. The largest absolute Gasteiger partial charge is 0.318 e. The van der Waals surface area contributed by atoms with E-state index in [1.54, 1.807) is 0 Å². The van der Waals surface area contributed by atoms with Gasteiger partial charge in [0.1, 0.15) is 6.29 Å². The SMILES string of the molecule is CNCCN(C)CCC=O. The van der Waals surface area contributed by atoms with Crippen LogP contribution < -0.4 is 5.32 Å². The number of nitrogens with zero attached hydrogens (tertiary/aromatic N) is 1. The summed E-state index contributed by atoms with van der Waals surface area (Å²) >= 11 is 0. The van der Waals surface area contributed by atoms with Crippen molar-refractivity contribution >= 4 is 6.29 Å². The Bertz CT molecular complexity index is 85.7. The van der Waals surface area contributed by atoms with Crippen LogP contribution in [0.1, 0.15) is 6.42 Å². The Hall–Kier alpha value is -0.410. The van der Waals surface area contributed by atoms with Gasteiger partial charge in [0, 0.05) is 26.1 Å². The Kier molecular flexibility index (Phi) is 6.43. The summed E-state index contributed by atoms with van der Waals surface area (Å²) in [6.07, 6.45) is 1.59. The highest BCUT2D eigenvalue weighted by Gasteiger charge is 1.94. The molecule has 0 amide bonds. The third-order valence-corrected chi connectivity index (χ3v) is 1.37. The first-order valence-corrected chi connectivity index (χ1v) is 3.58. The minimum Gasteiger partial charge on any atom is -0.318 e. The number of hydrogen-bond donors (Lipinski definition) is 1. The van der Waals surface area contributed by atoms with Crippen molar-refractivity contribution in [2.45, 2.75) is 6.42 Å². The van der Waals surface area contributed by atoms with E-state index in [0.717, 1.165) is 25.9 Å². The quantitative estimate of drug-likeness (QED) is 0.521. The van der Waals surface area contributed by atoms with E-state index < -0.39 is 0 Å². The highest BCUT2D eigenvalue weighted by Crippen LogP contribution is 1.81. The fourth-order valence-electron chi connectivity index (χ4n) is 0.688. The average molecular weight is 144 g/mol. The topological polar surface area (TPSA) is 32.3 Å². The number of hydrogen-bond acceptors (Lipinski definition) is 3. The third kappa shape index (κ3) is 5.72. The minimum absolute atomic E-state index is 0.639. The molecule has 3 nitrogen and oxygen atoms in total. The minimum atomic E-state index is 0.639. The van der Waals surface area contributed by atoms with E-state index in [-0.39, 0.29) is 0 Å². The maximum Gasteiger partial charge on any atom is 0.121 e. The van der Waals surface area contributed by atoms with Crippen molar-refractivity contribution in [1.29, 1.82) is 0 Å². The normalized spacial score (nSPS) is 10.3. The Labute approximate surface area is 62.4 Å². The highest BCUT2D eigenvalue weighted by atomic mass is 16.1. The molecular formula is C7H16N2O. The van der Waals surface area contributed by atoms with Gasteiger partial charge < -0.3 is 15.0 Å². The lowest BCUT2D eigenvalue weighted by Gasteiger charge is -2.13. The van der Waals surface area contributed by atoms with Crippen LogP contribution in [0.4, 0.5) is 0 Å². The van der Waals surface area contributed by atoms with Crippen LogP contribution in [0, 0.1) is 0 Å². The van der Waals surface area contributed by atoms with Crippen LogP contribution in [0.2, 0.25) is 0 Å². The first-order chi connectivity index (χ1) is 4.81. The molecule has 0 atom stereocenters. The van der Waals surface area contributed by atoms with Crippen LogP contribution in [-0.2, 0) is 4.79 Å². The number of carbonyl (C=O) groups excluding carboxylic acids is 1. The van der Waals surface area contributed by atoms with E-state index in [4.69, 9.17) is 0 Å². The zero-order valence-corrected chi connectivity index (χ0v) is 6.76. The van der Waals surface area contributed by atoms with Crippen LogP contribution in [0.5, 0.6) is 0 Å². The van der Waals surface area contributed by atoms with E-state index in [1.165, 1.54) is 0 Å². The molecule has 0 aromatic heterocycles. The number of carbonyl (C=O) groups is 1. The zero-order valence-electron chi connectivity index (χ0n) is 6.76. The molecular weight excluding hydrogens is 128 g/mol. The second kappa shape index (κ2) is 6.71. The maximum atomic E-state index is 9.94. The molecule has 3 heteroatoms. The second-order valence-electron chi connectivity index (χ2n) is 2.36. The molecule has 1 N–H and O–H groups in total. The molecule has 0 aliphatic rings. The van der Waals surface area contributed by atoms with Crippen LogP contribution in [0.15, 0.2) is 0 Å². The summed E-state index contributed by atoms with van der Waals surface area (Å²) in [5.74, 6) is 0. The summed E-state index contributed by atoms with van der Waals surface area (Å²) in [6.45, 7) is 2.85. The average Bonchev–Trinajstić information content (AvgIpc) is 1.97. The van der Waals surface area contributed by atoms with Gasteiger partial charge >= 0.3 is 0 Å². The molecule has 0 aromatic carbocycles. The Morgan fingerprint density at radius 1 is 1.50 bits per heavy atom. The molecule has 10 heavy (non-hydrogen) atoms. The van der Waals surface area contributed by atoms with E-state index >= 15 is 0 Å². The first kappa shape index (κ1) is 9.59. The molecule has 0 heterocycles. The van der Waals surface area contributed by atoms with Crippen LogP contribution in [0.25, 0.3) is 0 Å². The van der Waals surface area contributed by atoms with E-state index in [2.05, 4.69) is 10.2 Å². The van der Waals surface area contributed by atoms with Gasteiger partial charge in [-0.25, -0.2) is 0 Å². The van der Waals surface area contributed by atoms with E-state index in [0.29, 0.717) is 6.42 Å². The zero-order chi connectivity index (χ0) is 7.82. The highest BCUT2D eigenvalue weighted by molar-refractivity contribution is 5.49. The van der Waals surface area contributed by atoms with Crippen molar-refractivity contribution in [1.82, 2.24) is 10.2 Å². The molecule has 0 rings (SSSR count). The van der Waals surface area contributed by atoms with Crippen molar-refractivity contribution < 1.29 is 4.79 Å². The smallest absolute Gasteiger partial charge is 0.121 e. The summed E-state index contributed by atoms with van der Waals surface area (Å²) in [5.41, 5.74) is 0. The van der Waals surface area contributed by atoms with Gasteiger partial charge in [-0.05, 0) is 14.1 Å². The second-order valence-corrected chi connectivity index (χ2v) is 2.36. The number of rotatable bonds is 6. The molecule has 0 aliphatic carbocycles. The lowest BCUT2D eigenvalue weighted by molar-refractivity contribution is -0.108. The lowest BCUT2D eigenvalue weighted by atomic mass is 10.4. The number of aldehydes is 1. The van der Waals surface area contributed by atoms with Crippen molar-refractivity contribution in [2.24, 2.45) is 0 Å². The van der Waals surface area contributed by atoms with Gasteiger partial charge in [0.15, 0.2) is 0 Å². The molecule has 0 aromatic rings. The Morgan fingerprint density at radius 3 is 2.70 bits per heavy atom. The molecule has 0 saturated heterocycles. The van der Waals surface area contributed by atoms with Crippen LogP contribution in [-0.4, -0.2) is 44.9 Å². The molecule has 0 saturated carbocycles. The monoisotopic (exact) mass is 144 g/mol. The fraction of sp³-hybridized carbons (Fsp3) is 0.857. The molecule has 0 spiro atoms. The van der Waals surface area contributed by atoms with E-state index in [9.17, 15) is 4.79 Å². The van der Waals surface area contributed by atoms with Crippen LogP contribution >= 0.6 is 0 Å². The fourth-order valence-corrected chi connectivity index (χ4v) is 0.688. The van der Waals surface area contributed by atoms with E-state index in [1.807, 2.05) is 14.1 Å². The summed E-state index contributed by atoms with van der Waals surface area (Å²) in [4.78, 5) is 12.1. The van der Waals surface area contributed by atoms with Crippen molar-refractivity contribution in [3.05, 3.63) is 0 Å². The summed E-state index contributed by atoms with van der Waals surface area (Å²) in [7, 11) is 3.94. The van der Waals surface area contributed by atoms with Gasteiger partial charge in [-0.3, -0.25) is 0 Å². The van der Waals surface area contributed by atoms with Crippen molar-refractivity contribution in [2.75, 3.05) is 33.7 Å². The molecule has 0 fully saturated rings. The van der Waals surface area contributed by atoms with Gasteiger partial charge in [0.05, 0.1) is 0 Å². The predicted molar refractivity (Wildman–Crippen MR) is 42.1 cm³/mol. The molecule has 60 valence electrons. The van der Waals surface area contributed by atoms with Gasteiger partial charge in [-0.2, -0.15) is 0 Å². The van der Waals surface area contributed by atoms with Crippen molar-refractivity contribution in [3.8, 4) is 0 Å².